The van der Waals surface area contributed by atoms with E-state index in [0.717, 1.165) is 0 Å². The molecular formula is C32H55N3O15. The van der Waals surface area contributed by atoms with E-state index in [0.29, 0.717) is 69.6 Å². The minimum atomic E-state index is -1.39. The van der Waals surface area contributed by atoms with Crippen molar-refractivity contribution in [2.75, 3.05) is 39.4 Å². The highest BCUT2D eigenvalue weighted by atomic mass is 16.7. The van der Waals surface area contributed by atoms with Crippen LogP contribution in [0.1, 0.15) is 78.1 Å². The highest BCUT2D eigenvalue weighted by Gasteiger charge is 2.43. The molecule has 50 heavy (non-hydrogen) atoms. The van der Waals surface area contributed by atoms with Crippen LogP contribution in [0.3, 0.4) is 0 Å². The van der Waals surface area contributed by atoms with Crippen molar-refractivity contribution in [3.05, 3.63) is 0 Å². The fourth-order valence-electron chi connectivity index (χ4n) is 5.71. The topological polar surface area (TPSA) is 254 Å². The van der Waals surface area contributed by atoms with Crippen LogP contribution in [-0.2, 0) is 43.0 Å². The Morgan fingerprint density at radius 2 is 1.22 bits per heavy atom. The number of hydrogen-bond acceptors (Lipinski definition) is 16. The average Bonchev–Trinajstić information content (AvgIpc) is 3.40. The number of hydrogen-bond donors (Lipinski definition) is 7. The lowest BCUT2D eigenvalue weighted by molar-refractivity contribution is -0.293. The van der Waals surface area contributed by atoms with Gasteiger partial charge in [-0.05, 0) is 65.5 Å². The van der Waals surface area contributed by atoms with Gasteiger partial charge in [-0.1, -0.05) is 6.42 Å². The van der Waals surface area contributed by atoms with Gasteiger partial charge < -0.3 is 59.7 Å². The first kappa shape index (κ1) is 42.1. The van der Waals surface area contributed by atoms with Crippen molar-refractivity contribution in [3.63, 3.8) is 0 Å². The van der Waals surface area contributed by atoms with E-state index in [1.54, 1.807) is 13.8 Å². The number of unbranched alkanes of at least 4 members (excludes halogenated alkanes) is 4. The molecule has 3 rings (SSSR count). The van der Waals surface area contributed by atoms with Gasteiger partial charge in [0.05, 0.1) is 18.8 Å². The lowest BCUT2D eigenvalue weighted by atomic mass is 10.0. The molecule has 0 spiro atoms. The Kier molecular flexibility index (Phi) is 17.9. The van der Waals surface area contributed by atoms with E-state index in [2.05, 4.69) is 5.32 Å². The predicted octanol–water partition coefficient (Wildman–Crippen LogP) is -2.18. The Morgan fingerprint density at radius 3 is 1.72 bits per heavy atom. The first-order chi connectivity index (χ1) is 23.8. The van der Waals surface area contributed by atoms with Gasteiger partial charge in [0.25, 0.3) is 11.8 Å². The number of rotatable bonds is 21. The van der Waals surface area contributed by atoms with Crippen molar-refractivity contribution < 1.29 is 73.6 Å². The molecule has 0 aliphatic carbocycles. The average molecular weight is 722 g/mol. The third-order valence-corrected chi connectivity index (χ3v) is 8.86. The molecule has 0 saturated carbocycles. The van der Waals surface area contributed by atoms with Gasteiger partial charge >= 0.3 is 5.97 Å². The molecule has 0 unspecified atom stereocenters. The molecule has 7 N–H and O–H groups in total. The number of nitrogens with zero attached hydrogens (tertiary/aromatic N) is 2. The number of amides is 3. The number of aliphatic hydroxyl groups excluding tert-OH is 6. The SMILES string of the molecule is C[C@@H]1O[C@@H](OCCCCN(CCCCO[C@@H]2O[C@@H](C)[C@@H](O)[C@@H](O)[C@@H]2O)CC(=O)NCCCCCC(=O)ON2C(=O)CCC2=O)[C@@H](O)[C@H](O)[C@@H]1O. The van der Waals surface area contributed by atoms with Crippen LogP contribution in [0.2, 0.25) is 0 Å². The summed E-state index contributed by atoms with van der Waals surface area (Å²) < 4.78 is 22.1. The number of carbonyl (C=O) groups is 4. The minimum absolute atomic E-state index is 0.0308. The smallest absolute Gasteiger partial charge is 0.333 e. The summed E-state index contributed by atoms with van der Waals surface area (Å²) in [5, 5.41) is 63.4. The molecule has 18 heteroatoms. The van der Waals surface area contributed by atoms with E-state index in [1.807, 2.05) is 4.90 Å². The molecule has 0 radical (unpaired) electrons. The van der Waals surface area contributed by atoms with Gasteiger partial charge in [-0.15, -0.1) is 5.06 Å². The number of aliphatic hydroxyl groups is 6. The van der Waals surface area contributed by atoms with Gasteiger partial charge in [0.1, 0.15) is 36.6 Å². The zero-order chi connectivity index (χ0) is 36.8. The van der Waals surface area contributed by atoms with E-state index in [4.69, 9.17) is 23.8 Å². The van der Waals surface area contributed by atoms with Crippen LogP contribution < -0.4 is 5.32 Å². The van der Waals surface area contributed by atoms with E-state index in [9.17, 15) is 49.8 Å². The third-order valence-electron chi connectivity index (χ3n) is 8.86. The zero-order valence-electron chi connectivity index (χ0n) is 28.8. The molecule has 0 bridgehead atoms. The normalized spacial score (nSPS) is 31.7. The van der Waals surface area contributed by atoms with Gasteiger partial charge in [-0.3, -0.25) is 19.3 Å². The van der Waals surface area contributed by atoms with Gasteiger partial charge in [-0.25, -0.2) is 4.79 Å². The highest BCUT2D eigenvalue weighted by Crippen LogP contribution is 2.23. The lowest BCUT2D eigenvalue weighted by Crippen LogP contribution is -2.57. The Balaban J connectivity index is 1.36. The second kappa shape index (κ2) is 21.2. The standard InChI is InChI=1S/C32H55N3O15/c1-19-25(40)27(42)29(44)31(48-19)46-16-8-6-14-34(15-7-9-17-47-32-30(45)28(43)26(41)20(2)49-32)18-21(36)33-13-5-3-4-10-24(39)50-35-22(37)11-12-23(35)38/h19-20,25-32,40-45H,3-18H2,1-2H3,(H,33,36)/t19-,20-,25+,26+,27+,28+,29-,30-,31+,32+/m0/s1. The summed E-state index contributed by atoms with van der Waals surface area (Å²) in [6, 6.07) is 0. The molecule has 0 aromatic heterocycles. The maximum atomic E-state index is 12.8. The Morgan fingerprint density at radius 1 is 0.720 bits per heavy atom. The van der Waals surface area contributed by atoms with Crippen LogP contribution in [0.4, 0.5) is 0 Å². The summed E-state index contributed by atoms with van der Waals surface area (Å²) in [7, 11) is 0. The van der Waals surface area contributed by atoms with Crippen molar-refractivity contribution in [1.82, 2.24) is 15.3 Å². The summed E-state index contributed by atoms with van der Waals surface area (Å²) in [5.74, 6) is -1.91. The fraction of sp³-hybridized carbons (Fsp3) is 0.875. The van der Waals surface area contributed by atoms with Gasteiger partial charge in [0, 0.05) is 39.0 Å². The zero-order valence-corrected chi connectivity index (χ0v) is 28.8. The van der Waals surface area contributed by atoms with E-state index < -0.39 is 79.2 Å². The Bertz CT molecular complexity index is 1030. The third kappa shape index (κ3) is 13.0. The molecular weight excluding hydrogens is 666 g/mol. The number of carbonyl (C=O) groups excluding carboxylic acids is 4. The van der Waals surface area contributed by atoms with Crippen LogP contribution in [-0.4, -0.2) is 165 Å². The molecule has 288 valence electrons. The molecule has 0 aromatic carbocycles. The van der Waals surface area contributed by atoms with Gasteiger partial charge in [0.15, 0.2) is 12.6 Å². The number of ether oxygens (including phenoxy) is 4. The number of nitrogens with one attached hydrogen (secondary N) is 1. The summed E-state index contributed by atoms with van der Waals surface area (Å²) in [6.07, 6.45) is -7.38. The molecule has 3 amide bonds. The molecule has 3 aliphatic heterocycles. The molecule has 10 atom stereocenters. The summed E-state index contributed by atoms with van der Waals surface area (Å²) in [5.41, 5.74) is 0. The second-order valence-electron chi connectivity index (χ2n) is 13.0. The quantitative estimate of drug-likeness (QED) is 0.0491. The van der Waals surface area contributed by atoms with Crippen LogP contribution >= 0.6 is 0 Å². The molecule has 3 heterocycles. The molecule has 0 aromatic rings. The molecule has 3 fully saturated rings. The summed E-state index contributed by atoms with van der Waals surface area (Å²) >= 11 is 0. The molecule has 3 saturated heterocycles. The second-order valence-corrected chi connectivity index (χ2v) is 13.0. The minimum Gasteiger partial charge on any atom is -0.388 e. The summed E-state index contributed by atoms with van der Waals surface area (Å²) in [4.78, 5) is 54.7. The van der Waals surface area contributed by atoms with Crippen molar-refractivity contribution in [2.45, 2.75) is 139 Å². The maximum absolute atomic E-state index is 12.8. The Labute approximate surface area is 291 Å². The van der Waals surface area contributed by atoms with E-state index >= 15 is 0 Å². The lowest BCUT2D eigenvalue weighted by Gasteiger charge is -2.39. The van der Waals surface area contributed by atoms with Crippen molar-refractivity contribution in [1.29, 1.82) is 0 Å². The highest BCUT2D eigenvalue weighted by molar-refractivity contribution is 6.01. The van der Waals surface area contributed by atoms with Crippen LogP contribution in [0.15, 0.2) is 0 Å². The first-order valence-corrected chi connectivity index (χ1v) is 17.5. The predicted molar refractivity (Wildman–Crippen MR) is 170 cm³/mol. The maximum Gasteiger partial charge on any atom is 0.333 e. The van der Waals surface area contributed by atoms with E-state index in [1.165, 1.54) is 0 Å². The monoisotopic (exact) mass is 721 g/mol. The van der Waals surface area contributed by atoms with Crippen molar-refractivity contribution >= 4 is 23.7 Å². The van der Waals surface area contributed by atoms with Crippen molar-refractivity contribution in [2.24, 2.45) is 0 Å². The number of imide groups is 1. The largest absolute Gasteiger partial charge is 0.388 e. The summed E-state index contributed by atoms with van der Waals surface area (Å²) in [6.45, 7) is 5.16. The van der Waals surface area contributed by atoms with Crippen LogP contribution in [0.5, 0.6) is 0 Å². The van der Waals surface area contributed by atoms with Crippen LogP contribution in [0, 0.1) is 0 Å². The van der Waals surface area contributed by atoms with Crippen molar-refractivity contribution in [3.8, 4) is 0 Å². The van der Waals surface area contributed by atoms with Gasteiger partial charge in [-0.2, -0.15) is 0 Å². The van der Waals surface area contributed by atoms with Crippen LogP contribution in [0.25, 0.3) is 0 Å². The molecule has 3 aliphatic rings. The van der Waals surface area contributed by atoms with E-state index in [-0.39, 0.29) is 44.9 Å². The van der Waals surface area contributed by atoms with Gasteiger partial charge in [0.2, 0.25) is 5.91 Å². The Hall–Kier alpha value is -2.36. The molecule has 18 nitrogen and oxygen atoms in total. The first-order valence-electron chi connectivity index (χ1n) is 17.5. The fourth-order valence-corrected chi connectivity index (χ4v) is 5.71. The number of hydroxylamine groups is 2.